The van der Waals surface area contributed by atoms with E-state index in [2.05, 4.69) is 12.2 Å². The quantitative estimate of drug-likeness (QED) is 0.234. The highest BCUT2D eigenvalue weighted by molar-refractivity contribution is 5.75. The Balaban J connectivity index is 3.85. The summed E-state index contributed by atoms with van der Waals surface area (Å²) in [5.41, 5.74) is 0. The third-order valence-corrected chi connectivity index (χ3v) is 3.73. The van der Waals surface area contributed by atoms with Crippen molar-refractivity contribution in [2.75, 3.05) is 13.2 Å². The van der Waals surface area contributed by atoms with Crippen LogP contribution in [0.5, 0.6) is 0 Å². The number of hydrogen-bond acceptors (Lipinski definition) is 4. The lowest BCUT2D eigenvalue weighted by molar-refractivity contribution is -0.121. The summed E-state index contributed by atoms with van der Waals surface area (Å²) in [6.07, 6.45) is 25.6. The fourth-order valence-corrected chi connectivity index (χ4v) is 2.19. The highest BCUT2D eigenvalue weighted by Gasteiger charge is 1.98. The van der Waals surface area contributed by atoms with Crippen LogP contribution in [0.15, 0.2) is 72.9 Å². The van der Waals surface area contributed by atoms with Gasteiger partial charge in [0.25, 0.3) is 0 Å². The molecule has 0 aliphatic rings. The van der Waals surface area contributed by atoms with Crippen molar-refractivity contribution in [1.82, 2.24) is 5.32 Å². The lowest BCUT2D eigenvalue weighted by Gasteiger charge is -2.01. The number of nitrogens with one attached hydrogen (secondary N) is 1. The smallest absolute Gasteiger partial charge is 0.220 e. The van der Waals surface area contributed by atoms with Crippen molar-refractivity contribution in [2.24, 2.45) is 0 Å². The Morgan fingerprint density at radius 3 is 2.00 bits per heavy atom. The molecule has 0 bridgehead atoms. The Hall–Kier alpha value is -2.21. The number of aliphatic hydroxyl groups excluding tert-OH is 3. The summed E-state index contributed by atoms with van der Waals surface area (Å²) in [5.74, 6) is -0.0841. The van der Waals surface area contributed by atoms with E-state index < -0.39 is 12.2 Å². The first-order valence-corrected chi connectivity index (χ1v) is 10.3. The molecule has 0 saturated carbocycles. The van der Waals surface area contributed by atoms with Gasteiger partial charge >= 0.3 is 0 Å². The highest BCUT2D eigenvalue weighted by Crippen LogP contribution is 2.00. The van der Waals surface area contributed by atoms with Gasteiger partial charge in [0.05, 0.1) is 18.8 Å². The van der Waals surface area contributed by atoms with Gasteiger partial charge < -0.3 is 20.6 Å². The van der Waals surface area contributed by atoms with E-state index in [1.54, 1.807) is 12.2 Å². The molecule has 0 aromatic heterocycles. The van der Waals surface area contributed by atoms with E-state index in [1.165, 1.54) is 0 Å². The summed E-state index contributed by atoms with van der Waals surface area (Å²) in [5, 5.41) is 30.7. The number of aliphatic hydroxyl groups is 3. The molecule has 0 aliphatic carbocycles. The summed E-state index contributed by atoms with van der Waals surface area (Å²) in [6, 6.07) is 0. The minimum Gasteiger partial charge on any atom is -0.395 e. The van der Waals surface area contributed by atoms with Gasteiger partial charge in [0.2, 0.25) is 5.91 Å². The summed E-state index contributed by atoms with van der Waals surface area (Å²) in [7, 11) is 0. The van der Waals surface area contributed by atoms with Crippen LogP contribution in [0, 0.1) is 0 Å². The largest absolute Gasteiger partial charge is 0.395 e. The number of allylic oxidation sites excluding steroid dienone is 8. The van der Waals surface area contributed by atoms with Crippen molar-refractivity contribution in [3.8, 4) is 0 Å². The topological polar surface area (TPSA) is 89.8 Å². The number of amides is 1. The van der Waals surface area contributed by atoms with Gasteiger partial charge in [-0.15, -0.1) is 0 Å². The van der Waals surface area contributed by atoms with Crippen LogP contribution in [0.2, 0.25) is 0 Å². The van der Waals surface area contributed by atoms with Crippen molar-refractivity contribution in [3.05, 3.63) is 72.9 Å². The predicted octanol–water partition coefficient (Wildman–Crippen LogP) is 3.51. The summed E-state index contributed by atoms with van der Waals surface area (Å²) < 4.78 is 0. The van der Waals surface area contributed by atoms with Gasteiger partial charge in [0, 0.05) is 13.0 Å². The Bertz CT molecular complexity index is 573. The molecule has 0 fully saturated rings. The molecule has 0 aromatic rings. The predicted molar refractivity (Wildman–Crippen MR) is 120 cm³/mol. The normalized spacial score (nSPS) is 15.0. The van der Waals surface area contributed by atoms with Crippen molar-refractivity contribution in [2.45, 2.75) is 57.7 Å². The Kier molecular flexibility index (Phi) is 19.0. The second-order valence-corrected chi connectivity index (χ2v) is 6.43. The maximum Gasteiger partial charge on any atom is 0.220 e. The molecule has 0 aliphatic heterocycles. The summed E-state index contributed by atoms with van der Waals surface area (Å²) in [6.45, 7) is 2.30. The van der Waals surface area contributed by atoms with Gasteiger partial charge in [0.15, 0.2) is 0 Å². The lowest BCUT2D eigenvalue weighted by Crippen LogP contribution is -2.25. The molecule has 2 atom stereocenters. The van der Waals surface area contributed by atoms with Gasteiger partial charge in [-0.2, -0.15) is 0 Å². The third kappa shape index (κ3) is 20.3. The highest BCUT2D eigenvalue weighted by atomic mass is 16.3. The van der Waals surface area contributed by atoms with Crippen LogP contribution in [0.4, 0.5) is 0 Å². The van der Waals surface area contributed by atoms with Gasteiger partial charge in [-0.1, -0.05) is 79.8 Å². The molecular formula is C24H37NO4. The van der Waals surface area contributed by atoms with E-state index in [-0.39, 0.29) is 19.1 Å². The van der Waals surface area contributed by atoms with E-state index in [1.807, 2.05) is 60.8 Å². The van der Waals surface area contributed by atoms with E-state index >= 15 is 0 Å². The molecule has 0 radical (unpaired) electrons. The van der Waals surface area contributed by atoms with Crippen LogP contribution >= 0.6 is 0 Å². The minimum absolute atomic E-state index is 0.0524. The molecule has 5 nitrogen and oxygen atoms in total. The van der Waals surface area contributed by atoms with Gasteiger partial charge in [-0.05, 0) is 32.1 Å². The van der Waals surface area contributed by atoms with Crippen molar-refractivity contribution in [1.29, 1.82) is 0 Å². The zero-order chi connectivity index (χ0) is 21.6. The van der Waals surface area contributed by atoms with Crippen LogP contribution in [0.25, 0.3) is 0 Å². The molecule has 0 spiro atoms. The second kappa shape index (κ2) is 20.5. The van der Waals surface area contributed by atoms with E-state index in [4.69, 9.17) is 5.11 Å². The average Bonchev–Trinajstić information content (AvgIpc) is 2.70. The molecule has 4 N–H and O–H groups in total. The average molecular weight is 404 g/mol. The molecule has 1 amide bonds. The number of carbonyl (C=O) groups is 1. The Labute approximate surface area is 175 Å². The maximum atomic E-state index is 11.3. The van der Waals surface area contributed by atoms with E-state index in [9.17, 15) is 15.0 Å². The van der Waals surface area contributed by atoms with E-state index in [0.717, 1.165) is 12.8 Å². The molecule has 0 heterocycles. The third-order valence-electron chi connectivity index (χ3n) is 3.73. The summed E-state index contributed by atoms with van der Waals surface area (Å²) >= 11 is 0. The van der Waals surface area contributed by atoms with Crippen molar-refractivity contribution < 1.29 is 20.1 Å². The first-order chi connectivity index (χ1) is 14.1. The SMILES string of the molecule is CC/C=C\CC(O)C=C/C=C\C/C=C\C=C\C(O)C/C=C\CCC(=O)NCCO. The monoisotopic (exact) mass is 403 g/mol. The van der Waals surface area contributed by atoms with Crippen LogP contribution in [0.3, 0.4) is 0 Å². The number of carbonyl (C=O) groups excluding carboxylic acids is 1. The minimum atomic E-state index is -0.555. The van der Waals surface area contributed by atoms with Crippen LogP contribution < -0.4 is 5.32 Å². The summed E-state index contributed by atoms with van der Waals surface area (Å²) in [4.78, 5) is 11.3. The molecule has 0 aromatic carbocycles. The standard InChI is InChI=1S/C24H37NO4/c1-2-3-10-15-22(27)16-11-7-5-4-6-8-12-17-23(28)18-13-9-14-19-24(29)25-20-21-26/h3,5-13,16-17,22-23,26-28H,2,4,14-15,18-21H2,1H3,(H,25,29)/b7-5-,8-6-,10-3-,13-9-,16-11?,17-12+. The zero-order valence-electron chi connectivity index (χ0n) is 17.5. The maximum absolute atomic E-state index is 11.3. The van der Waals surface area contributed by atoms with E-state index in [0.29, 0.717) is 25.7 Å². The number of rotatable bonds is 16. The van der Waals surface area contributed by atoms with Crippen LogP contribution in [-0.2, 0) is 4.79 Å². The van der Waals surface area contributed by atoms with Crippen LogP contribution in [0.1, 0.15) is 45.4 Å². The fraction of sp³-hybridized carbons (Fsp3) is 0.458. The fourth-order valence-electron chi connectivity index (χ4n) is 2.19. The molecule has 5 heteroatoms. The van der Waals surface area contributed by atoms with Crippen LogP contribution in [-0.4, -0.2) is 46.6 Å². The first-order valence-electron chi connectivity index (χ1n) is 10.3. The molecular weight excluding hydrogens is 366 g/mol. The Morgan fingerprint density at radius 2 is 1.45 bits per heavy atom. The van der Waals surface area contributed by atoms with Gasteiger partial charge in [-0.25, -0.2) is 0 Å². The molecule has 29 heavy (non-hydrogen) atoms. The zero-order valence-corrected chi connectivity index (χ0v) is 17.5. The second-order valence-electron chi connectivity index (χ2n) is 6.43. The molecule has 162 valence electrons. The molecule has 0 saturated heterocycles. The molecule has 0 rings (SSSR count). The molecule has 2 unspecified atom stereocenters. The van der Waals surface area contributed by atoms with Gasteiger partial charge in [0.1, 0.15) is 0 Å². The first kappa shape index (κ1) is 26.8. The van der Waals surface area contributed by atoms with Gasteiger partial charge in [-0.3, -0.25) is 4.79 Å². The Morgan fingerprint density at radius 1 is 0.862 bits per heavy atom. The van der Waals surface area contributed by atoms with Crippen molar-refractivity contribution >= 4 is 5.91 Å². The number of hydrogen-bond donors (Lipinski definition) is 4. The lowest BCUT2D eigenvalue weighted by atomic mass is 10.2. The van der Waals surface area contributed by atoms with Crippen molar-refractivity contribution in [3.63, 3.8) is 0 Å².